The van der Waals surface area contributed by atoms with Crippen molar-refractivity contribution in [2.24, 2.45) is 0 Å². The lowest BCUT2D eigenvalue weighted by Crippen LogP contribution is -2.59. The lowest BCUT2D eigenvalue weighted by atomic mass is 10.0. The molecule has 2 N–H and O–H groups in total. The molecule has 30 heavy (non-hydrogen) atoms. The highest BCUT2D eigenvalue weighted by molar-refractivity contribution is 5.90. The largest absolute Gasteiger partial charge is 0.322 e. The fourth-order valence-electron chi connectivity index (χ4n) is 5.99. The summed E-state index contributed by atoms with van der Waals surface area (Å²) in [5, 5.41) is 6.74. The van der Waals surface area contributed by atoms with Gasteiger partial charge in [0.1, 0.15) is 11.7 Å². The van der Waals surface area contributed by atoms with Crippen LogP contribution in [0.25, 0.3) is 0 Å². The maximum atomic E-state index is 12.9. The summed E-state index contributed by atoms with van der Waals surface area (Å²) in [4.78, 5) is 14.8. The van der Waals surface area contributed by atoms with Crippen molar-refractivity contribution < 1.29 is 4.79 Å². The van der Waals surface area contributed by atoms with E-state index in [1.54, 1.807) is 0 Å². The first kappa shape index (κ1) is 19.6. The lowest BCUT2D eigenvalue weighted by molar-refractivity contribution is 0.203. The molecule has 2 aromatic carbocycles. The summed E-state index contributed by atoms with van der Waals surface area (Å²) < 4.78 is 1.10. The number of anilines is 1. The van der Waals surface area contributed by atoms with E-state index < -0.39 is 0 Å². The average Bonchev–Trinajstić information content (AvgIpc) is 3.49. The minimum atomic E-state index is -0.0134. The van der Waals surface area contributed by atoms with E-state index in [0.717, 1.165) is 28.8 Å². The number of carbonyl (C=O) groups is 1. The molecule has 0 spiro atoms. The Morgan fingerprint density at radius 2 is 1.90 bits per heavy atom. The number of hydrogen-bond acceptors (Lipinski definition) is 2. The summed E-state index contributed by atoms with van der Waals surface area (Å²) >= 11 is 0. The first-order valence-corrected chi connectivity index (χ1v) is 11.4. The molecule has 0 saturated carbocycles. The zero-order valence-electron chi connectivity index (χ0n) is 18.2. The van der Waals surface area contributed by atoms with Gasteiger partial charge in [0, 0.05) is 63.3 Å². The summed E-state index contributed by atoms with van der Waals surface area (Å²) in [6.07, 6.45) is 3.84. The van der Waals surface area contributed by atoms with Crippen LogP contribution in [0, 0.1) is 6.92 Å². The van der Waals surface area contributed by atoms with Crippen molar-refractivity contribution >= 4 is 17.4 Å². The van der Waals surface area contributed by atoms with Gasteiger partial charge in [0.15, 0.2) is 0 Å². The van der Waals surface area contributed by atoms with Crippen LogP contribution in [0.3, 0.4) is 0 Å². The Morgan fingerprint density at radius 3 is 2.50 bits per heavy atom. The SMILES string of the molecule is Cc1cc([N+]2(C3CCNC3)CCCC2C)ccc1NC(=O)N1Cc2ccccc2C1. The fraction of sp³-hybridized carbons (Fsp3) is 0.480. The quantitative estimate of drug-likeness (QED) is 0.744. The molecular formula is C25H33N4O+. The van der Waals surface area contributed by atoms with Crippen LogP contribution in [0.2, 0.25) is 0 Å². The number of benzene rings is 2. The molecule has 3 aliphatic rings. The van der Waals surface area contributed by atoms with Crippen LogP contribution in [0.5, 0.6) is 0 Å². The molecule has 0 aliphatic carbocycles. The molecule has 158 valence electrons. The van der Waals surface area contributed by atoms with Gasteiger partial charge in [-0.05, 0) is 36.6 Å². The van der Waals surface area contributed by atoms with Crippen molar-refractivity contribution in [3.05, 3.63) is 59.2 Å². The van der Waals surface area contributed by atoms with Crippen molar-refractivity contribution in [3.63, 3.8) is 0 Å². The van der Waals surface area contributed by atoms with E-state index in [1.807, 2.05) is 17.0 Å². The smallest absolute Gasteiger partial charge is 0.316 e. The summed E-state index contributed by atoms with van der Waals surface area (Å²) in [5.41, 5.74) is 5.99. The number of urea groups is 1. The Morgan fingerprint density at radius 1 is 1.13 bits per heavy atom. The standard InChI is InChI=1S/C25H32N4O/c1-18-14-22(29(13-5-6-19(29)2)23-11-12-26-15-23)9-10-24(18)27-25(30)28-16-20-7-3-4-8-21(20)17-28/h3-4,7-10,14,19,23,26H,5-6,11-13,15-17H2,1-2H3/p+1. The number of quaternary nitrogens is 1. The molecule has 2 saturated heterocycles. The zero-order chi connectivity index (χ0) is 20.7. The predicted octanol–water partition coefficient (Wildman–Crippen LogP) is 4.39. The van der Waals surface area contributed by atoms with Crippen LogP contribution in [0.4, 0.5) is 16.2 Å². The highest BCUT2D eigenvalue weighted by atomic mass is 16.2. The van der Waals surface area contributed by atoms with E-state index in [1.165, 1.54) is 42.6 Å². The molecule has 5 heteroatoms. The van der Waals surface area contributed by atoms with E-state index in [0.29, 0.717) is 25.2 Å². The van der Waals surface area contributed by atoms with Crippen molar-refractivity contribution in [1.82, 2.24) is 14.7 Å². The van der Waals surface area contributed by atoms with Crippen LogP contribution >= 0.6 is 0 Å². The van der Waals surface area contributed by atoms with Gasteiger partial charge in [0.05, 0.1) is 12.6 Å². The Balaban J connectivity index is 1.35. The van der Waals surface area contributed by atoms with E-state index in [4.69, 9.17) is 0 Å². The molecule has 3 heterocycles. The maximum absolute atomic E-state index is 12.9. The van der Waals surface area contributed by atoms with Crippen LogP contribution in [-0.4, -0.2) is 42.6 Å². The van der Waals surface area contributed by atoms with Gasteiger partial charge < -0.3 is 15.5 Å². The van der Waals surface area contributed by atoms with Gasteiger partial charge in [0.2, 0.25) is 0 Å². The third-order valence-corrected chi connectivity index (χ3v) is 7.68. The molecule has 0 aromatic heterocycles. The number of nitrogens with one attached hydrogen (secondary N) is 2. The molecular weight excluding hydrogens is 372 g/mol. The molecule has 2 aromatic rings. The van der Waals surface area contributed by atoms with E-state index in [2.05, 4.69) is 54.8 Å². The van der Waals surface area contributed by atoms with Gasteiger partial charge in [-0.15, -0.1) is 0 Å². The van der Waals surface area contributed by atoms with Crippen molar-refractivity contribution in [1.29, 1.82) is 0 Å². The van der Waals surface area contributed by atoms with E-state index in [9.17, 15) is 4.79 Å². The first-order valence-electron chi connectivity index (χ1n) is 11.4. The number of amides is 2. The molecule has 3 atom stereocenters. The minimum absolute atomic E-state index is 0.0134. The summed E-state index contributed by atoms with van der Waals surface area (Å²) in [7, 11) is 0. The average molecular weight is 406 g/mol. The summed E-state index contributed by atoms with van der Waals surface area (Å²) in [6.45, 7) is 9.38. The molecule has 2 fully saturated rings. The number of rotatable bonds is 3. The molecule has 2 amide bonds. The Hall–Kier alpha value is -2.37. The molecule has 3 aliphatic heterocycles. The second-order valence-electron chi connectivity index (χ2n) is 9.35. The van der Waals surface area contributed by atoms with Crippen LogP contribution in [-0.2, 0) is 13.1 Å². The van der Waals surface area contributed by atoms with Crippen molar-refractivity contribution in [2.45, 2.75) is 58.3 Å². The van der Waals surface area contributed by atoms with Gasteiger partial charge in [-0.2, -0.15) is 0 Å². The van der Waals surface area contributed by atoms with Crippen molar-refractivity contribution in [3.8, 4) is 0 Å². The van der Waals surface area contributed by atoms with Gasteiger partial charge in [-0.25, -0.2) is 4.79 Å². The monoisotopic (exact) mass is 405 g/mol. The van der Waals surface area contributed by atoms with Gasteiger partial charge in [-0.1, -0.05) is 24.3 Å². The van der Waals surface area contributed by atoms with Crippen molar-refractivity contribution in [2.75, 3.05) is 25.0 Å². The van der Waals surface area contributed by atoms with Crippen LogP contribution in [0.15, 0.2) is 42.5 Å². The molecule has 0 bridgehead atoms. The Bertz CT molecular complexity index is 927. The number of fused-ring (bicyclic) bond motifs is 1. The lowest BCUT2D eigenvalue weighted by Gasteiger charge is -2.43. The zero-order valence-corrected chi connectivity index (χ0v) is 18.2. The Labute approximate surface area is 179 Å². The number of carbonyl (C=O) groups excluding carboxylic acids is 1. The number of likely N-dealkylation sites (tertiary alicyclic amines) is 1. The third kappa shape index (κ3) is 3.21. The van der Waals surface area contributed by atoms with Gasteiger partial charge >= 0.3 is 6.03 Å². The molecule has 3 unspecified atom stereocenters. The molecule has 5 rings (SSSR count). The fourth-order valence-corrected chi connectivity index (χ4v) is 5.99. The predicted molar refractivity (Wildman–Crippen MR) is 123 cm³/mol. The second kappa shape index (κ2) is 7.71. The summed E-state index contributed by atoms with van der Waals surface area (Å²) in [5.74, 6) is 0. The van der Waals surface area contributed by atoms with Crippen LogP contribution in [0.1, 0.15) is 42.9 Å². The van der Waals surface area contributed by atoms with E-state index >= 15 is 0 Å². The highest BCUT2D eigenvalue weighted by Crippen LogP contribution is 2.40. The highest BCUT2D eigenvalue weighted by Gasteiger charge is 2.48. The molecule has 0 radical (unpaired) electrons. The normalized spacial score (nSPS) is 28.0. The Kier molecular flexibility index (Phi) is 5.03. The number of aryl methyl sites for hydroxylation is 1. The molecule has 5 nitrogen and oxygen atoms in total. The second-order valence-corrected chi connectivity index (χ2v) is 9.35. The summed E-state index contributed by atoms with van der Waals surface area (Å²) in [6, 6.07) is 16.3. The van der Waals surface area contributed by atoms with Crippen LogP contribution < -0.4 is 15.1 Å². The van der Waals surface area contributed by atoms with Gasteiger partial charge in [0.25, 0.3) is 0 Å². The maximum Gasteiger partial charge on any atom is 0.322 e. The third-order valence-electron chi connectivity index (χ3n) is 7.68. The number of nitrogens with zero attached hydrogens (tertiary/aromatic N) is 2. The van der Waals surface area contributed by atoms with Gasteiger partial charge in [-0.3, -0.25) is 4.48 Å². The topological polar surface area (TPSA) is 44.4 Å². The number of hydrogen-bond donors (Lipinski definition) is 2. The van der Waals surface area contributed by atoms with E-state index in [-0.39, 0.29) is 6.03 Å². The first-order chi connectivity index (χ1) is 14.6. The minimum Gasteiger partial charge on any atom is -0.316 e.